The second-order valence-electron chi connectivity index (χ2n) is 4.61. The number of carbonyl (C=O) groups is 1. The Morgan fingerprint density at radius 2 is 2.06 bits per heavy atom. The first kappa shape index (κ1) is 12.4. The van der Waals surface area contributed by atoms with Crippen molar-refractivity contribution in [3.8, 4) is 5.75 Å². The molecule has 4 heteroatoms. The first-order valence-electron chi connectivity index (χ1n) is 5.63. The van der Waals surface area contributed by atoms with Gasteiger partial charge in [-0.15, -0.1) is 0 Å². The monoisotopic (exact) mass is 297 g/mol. The third-order valence-corrected chi connectivity index (χ3v) is 4.12. The quantitative estimate of drug-likeness (QED) is 0.736. The topological polar surface area (TPSA) is 29.5 Å². The molecule has 0 aromatic heterocycles. The summed E-state index contributed by atoms with van der Waals surface area (Å²) in [6, 6.07) is 2.06. The number of fused-ring (bicyclic) bond motifs is 1. The zero-order valence-corrected chi connectivity index (χ0v) is 12.1. The molecule has 17 heavy (non-hydrogen) atoms. The van der Waals surface area contributed by atoms with E-state index in [1.807, 2.05) is 20.8 Å². The van der Waals surface area contributed by atoms with Crippen LogP contribution in [0.1, 0.15) is 18.1 Å². The standard InChI is InChI=1S/C13H16BrNO2/c1-7-5-8(2)11-12(10(7)14)17-6-9(3)13(16)15(11)4/h5,9H,6H2,1-4H3. The number of halogens is 1. The second-order valence-corrected chi connectivity index (χ2v) is 5.40. The average Bonchev–Trinajstić information content (AvgIpc) is 2.39. The van der Waals surface area contributed by atoms with Crippen molar-refractivity contribution in [3.05, 3.63) is 21.7 Å². The van der Waals surface area contributed by atoms with Crippen molar-refractivity contribution in [2.75, 3.05) is 18.6 Å². The molecule has 0 aliphatic carbocycles. The summed E-state index contributed by atoms with van der Waals surface area (Å²) in [6.07, 6.45) is 0. The van der Waals surface area contributed by atoms with E-state index in [2.05, 4.69) is 22.0 Å². The summed E-state index contributed by atoms with van der Waals surface area (Å²) >= 11 is 3.54. The molecule has 0 saturated heterocycles. The molecular weight excluding hydrogens is 282 g/mol. The van der Waals surface area contributed by atoms with E-state index in [0.717, 1.165) is 27.0 Å². The Bertz CT molecular complexity index is 485. The van der Waals surface area contributed by atoms with Gasteiger partial charge in [0.25, 0.3) is 0 Å². The van der Waals surface area contributed by atoms with E-state index >= 15 is 0 Å². The van der Waals surface area contributed by atoms with Gasteiger partial charge in [-0.2, -0.15) is 0 Å². The Kier molecular flexibility index (Phi) is 3.17. The number of rotatable bonds is 0. The number of carbonyl (C=O) groups excluding carboxylic acids is 1. The van der Waals surface area contributed by atoms with Crippen molar-refractivity contribution in [2.24, 2.45) is 5.92 Å². The number of hydrogen-bond donors (Lipinski definition) is 0. The maximum Gasteiger partial charge on any atom is 0.233 e. The number of ether oxygens (including phenoxy) is 1. The van der Waals surface area contributed by atoms with Crippen LogP contribution in [0, 0.1) is 19.8 Å². The number of amides is 1. The van der Waals surface area contributed by atoms with E-state index in [1.54, 1.807) is 11.9 Å². The number of hydrogen-bond acceptors (Lipinski definition) is 2. The fourth-order valence-electron chi connectivity index (χ4n) is 2.19. The van der Waals surface area contributed by atoms with Crippen molar-refractivity contribution >= 4 is 27.5 Å². The summed E-state index contributed by atoms with van der Waals surface area (Å²) in [5.41, 5.74) is 3.05. The molecule has 1 aromatic rings. The lowest BCUT2D eigenvalue weighted by Crippen LogP contribution is -2.32. The summed E-state index contributed by atoms with van der Waals surface area (Å²) < 4.78 is 6.72. The fraction of sp³-hybridized carbons (Fsp3) is 0.462. The predicted molar refractivity (Wildman–Crippen MR) is 71.7 cm³/mol. The number of benzene rings is 1. The molecule has 0 fully saturated rings. The van der Waals surface area contributed by atoms with Crippen LogP contribution in [-0.2, 0) is 4.79 Å². The molecule has 2 rings (SSSR count). The minimum Gasteiger partial charge on any atom is -0.489 e. The van der Waals surface area contributed by atoms with E-state index < -0.39 is 0 Å². The van der Waals surface area contributed by atoms with Crippen molar-refractivity contribution in [1.29, 1.82) is 0 Å². The van der Waals surface area contributed by atoms with E-state index in [1.165, 1.54) is 0 Å². The molecule has 3 nitrogen and oxygen atoms in total. The lowest BCUT2D eigenvalue weighted by atomic mass is 10.1. The average molecular weight is 298 g/mol. The van der Waals surface area contributed by atoms with E-state index in [4.69, 9.17) is 4.74 Å². The summed E-state index contributed by atoms with van der Waals surface area (Å²) in [5.74, 6) is 0.768. The Labute approximate surface area is 110 Å². The maximum absolute atomic E-state index is 12.1. The molecule has 1 aliphatic heterocycles. The zero-order chi connectivity index (χ0) is 12.7. The van der Waals surface area contributed by atoms with Gasteiger partial charge in [-0.3, -0.25) is 4.79 Å². The molecular formula is C13H16BrNO2. The van der Waals surface area contributed by atoms with Crippen LogP contribution in [0.3, 0.4) is 0 Å². The molecule has 1 heterocycles. The van der Waals surface area contributed by atoms with Crippen LogP contribution in [0.25, 0.3) is 0 Å². The molecule has 1 aliphatic rings. The smallest absolute Gasteiger partial charge is 0.233 e. The first-order chi connectivity index (χ1) is 7.93. The molecule has 0 radical (unpaired) electrons. The summed E-state index contributed by atoms with van der Waals surface area (Å²) in [7, 11) is 1.81. The van der Waals surface area contributed by atoms with E-state index in [-0.39, 0.29) is 11.8 Å². The second kappa shape index (κ2) is 4.33. The van der Waals surface area contributed by atoms with E-state index in [0.29, 0.717) is 6.61 Å². The lowest BCUT2D eigenvalue weighted by molar-refractivity contribution is -0.122. The van der Waals surface area contributed by atoms with Crippen molar-refractivity contribution in [1.82, 2.24) is 0 Å². The van der Waals surface area contributed by atoms with Gasteiger partial charge in [0.05, 0.1) is 22.7 Å². The van der Waals surface area contributed by atoms with Crippen molar-refractivity contribution in [3.63, 3.8) is 0 Å². The van der Waals surface area contributed by atoms with Crippen LogP contribution in [0.4, 0.5) is 5.69 Å². The Morgan fingerprint density at radius 3 is 2.71 bits per heavy atom. The van der Waals surface area contributed by atoms with Crippen molar-refractivity contribution in [2.45, 2.75) is 20.8 Å². The highest BCUT2D eigenvalue weighted by Gasteiger charge is 2.29. The van der Waals surface area contributed by atoms with Crippen molar-refractivity contribution < 1.29 is 9.53 Å². The van der Waals surface area contributed by atoms with Gasteiger partial charge in [0.2, 0.25) is 5.91 Å². The maximum atomic E-state index is 12.1. The third-order valence-electron chi connectivity index (χ3n) is 3.13. The van der Waals surface area contributed by atoms with Crippen LogP contribution >= 0.6 is 15.9 Å². The van der Waals surface area contributed by atoms with Crippen LogP contribution < -0.4 is 9.64 Å². The van der Waals surface area contributed by atoms with Crippen LogP contribution in [0.5, 0.6) is 5.75 Å². The molecule has 0 spiro atoms. The minimum atomic E-state index is -0.112. The Hall–Kier alpha value is -1.03. The van der Waals surface area contributed by atoms with Gasteiger partial charge < -0.3 is 9.64 Å². The number of aryl methyl sites for hydroxylation is 2. The molecule has 0 bridgehead atoms. The molecule has 0 saturated carbocycles. The minimum absolute atomic E-state index is 0.0996. The molecule has 1 amide bonds. The molecule has 1 aromatic carbocycles. The van der Waals surface area contributed by atoms with Crippen LogP contribution in [0.15, 0.2) is 10.5 Å². The summed E-state index contributed by atoms with van der Waals surface area (Å²) in [5, 5.41) is 0. The third kappa shape index (κ3) is 1.95. The predicted octanol–water partition coefficient (Wildman–Crippen LogP) is 3.06. The van der Waals surface area contributed by atoms with Gasteiger partial charge >= 0.3 is 0 Å². The highest BCUT2D eigenvalue weighted by atomic mass is 79.9. The van der Waals surface area contributed by atoms with Gasteiger partial charge in [0.1, 0.15) is 0 Å². The normalized spacial score (nSPS) is 19.7. The van der Waals surface area contributed by atoms with Gasteiger partial charge in [0, 0.05) is 7.05 Å². The number of nitrogens with zero attached hydrogens (tertiary/aromatic N) is 1. The highest BCUT2D eigenvalue weighted by molar-refractivity contribution is 9.10. The van der Waals surface area contributed by atoms with Crippen LogP contribution in [-0.4, -0.2) is 19.6 Å². The molecule has 92 valence electrons. The zero-order valence-electron chi connectivity index (χ0n) is 10.5. The van der Waals surface area contributed by atoms with Gasteiger partial charge in [-0.1, -0.05) is 13.0 Å². The van der Waals surface area contributed by atoms with Gasteiger partial charge in [0.15, 0.2) is 5.75 Å². The molecule has 1 unspecified atom stereocenters. The highest BCUT2D eigenvalue weighted by Crippen LogP contribution is 2.42. The van der Waals surface area contributed by atoms with Gasteiger partial charge in [-0.05, 0) is 40.9 Å². The number of anilines is 1. The lowest BCUT2D eigenvalue weighted by Gasteiger charge is -2.21. The largest absolute Gasteiger partial charge is 0.489 e. The Balaban J connectivity index is 2.66. The summed E-state index contributed by atoms with van der Waals surface area (Å²) in [4.78, 5) is 13.8. The fourth-order valence-corrected chi connectivity index (χ4v) is 2.60. The molecule has 1 atom stereocenters. The first-order valence-corrected chi connectivity index (χ1v) is 6.42. The molecule has 0 N–H and O–H groups in total. The van der Waals surface area contributed by atoms with Gasteiger partial charge in [-0.25, -0.2) is 0 Å². The Morgan fingerprint density at radius 1 is 1.41 bits per heavy atom. The van der Waals surface area contributed by atoms with E-state index in [9.17, 15) is 4.79 Å². The SMILES string of the molecule is Cc1cc(C)c2c(c1Br)OCC(C)C(=O)N2C. The van der Waals surface area contributed by atoms with Crippen LogP contribution in [0.2, 0.25) is 0 Å². The summed E-state index contributed by atoms with van der Waals surface area (Å²) in [6.45, 7) is 6.34.